The van der Waals surface area contributed by atoms with Gasteiger partial charge in [-0.15, -0.1) is 0 Å². The van der Waals surface area contributed by atoms with E-state index < -0.39 is 6.10 Å². The van der Waals surface area contributed by atoms with Crippen LogP contribution in [0.2, 0.25) is 0 Å². The molecule has 0 bridgehead atoms. The second-order valence-electron chi connectivity index (χ2n) is 10.3. The third-order valence-corrected chi connectivity index (χ3v) is 6.52. The fraction of sp³-hybridized carbons (Fsp3) is 0.448. The van der Waals surface area contributed by atoms with Gasteiger partial charge in [-0.2, -0.15) is 0 Å². The fourth-order valence-electron chi connectivity index (χ4n) is 4.60. The van der Waals surface area contributed by atoms with Gasteiger partial charge in [0.1, 0.15) is 0 Å². The van der Waals surface area contributed by atoms with Crippen LogP contribution in [0.4, 0.5) is 5.69 Å². The Hall–Kier alpha value is -2.40. The first-order chi connectivity index (χ1) is 15.8. The third kappa shape index (κ3) is 6.35. The molecule has 2 atom stereocenters. The zero-order valence-electron chi connectivity index (χ0n) is 20.4. The van der Waals surface area contributed by atoms with Crippen LogP contribution in [-0.2, 0) is 11.2 Å². The minimum Gasteiger partial charge on any atom is -0.389 e. The molecule has 3 aromatic rings. The van der Waals surface area contributed by atoms with E-state index in [4.69, 9.17) is 4.74 Å². The molecule has 0 amide bonds. The van der Waals surface area contributed by atoms with Gasteiger partial charge in [0.15, 0.2) is 0 Å². The van der Waals surface area contributed by atoms with Crippen molar-refractivity contribution in [1.82, 2.24) is 5.32 Å². The summed E-state index contributed by atoms with van der Waals surface area (Å²) in [5.74, 6) is 0.551. The smallest absolute Gasteiger partial charge is 0.0898 e. The van der Waals surface area contributed by atoms with Gasteiger partial charge in [0.2, 0.25) is 0 Å². The van der Waals surface area contributed by atoms with E-state index in [-0.39, 0.29) is 11.6 Å². The number of β-amino-alcohol motifs (C(OH)–C–C–N with tert-alkyl or cyclic N) is 1. The van der Waals surface area contributed by atoms with Gasteiger partial charge in [-0.25, -0.2) is 0 Å². The van der Waals surface area contributed by atoms with Crippen molar-refractivity contribution in [3.05, 3.63) is 77.9 Å². The number of nitrogens with one attached hydrogen (secondary N) is 1. The maximum Gasteiger partial charge on any atom is 0.0898 e. The Morgan fingerprint density at radius 2 is 1.70 bits per heavy atom. The molecule has 2 unspecified atom stereocenters. The number of aliphatic hydroxyl groups is 1. The minimum absolute atomic E-state index is 0.0452. The van der Waals surface area contributed by atoms with Crippen LogP contribution in [0.15, 0.2) is 66.7 Å². The lowest BCUT2D eigenvalue weighted by molar-refractivity contribution is -0.0209. The van der Waals surface area contributed by atoms with Gasteiger partial charge < -0.3 is 20.1 Å². The van der Waals surface area contributed by atoms with E-state index in [2.05, 4.69) is 105 Å². The summed E-state index contributed by atoms with van der Waals surface area (Å²) in [6.45, 7) is 5.22. The Balaban J connectivity index is 1.32. The third-order valence-electron chi connectivity index (χ3n) is 6.52. The number of rotatable bonds is 11. The van der Waals surface area contributed by atoms with Crippen molar-refractivity contribution in [3.8, 4) is 0 Å². The number of hydrogen-bond acceptors (Lipinski definition) is 4. The van der Waals surface area contributed by atoms with Gasteiger partial charge in [0.25, 0.3) is 0 Å². The van der Waals surface area contributed by atoms with E-state index in [1.807, 2.05) is 0 Å². The number of aliphatic hydroxyl groups excluding tert-OH is 1. The van der Waals surface area contributed by atoms with Crippen LogP contribution in [0.3, 0.4) is 0 Å². The van der Waals surface area contributed by atoms with E-state index in [9.17, 15) is 5.11 Å². The first-order valence-corrected chi connectivity index (χ1v) is 12.1. The second-order valence-corrected chi connectivity index (χ2v) is 10.3. The molecule has 0 radical (unpaired) electrons. The van der Waals surface area contributed by atoms with Crippen LogP contribution in [0.5, 0.6) is 0 Å². The standard InChI is InChI=1S/C29H38N2O2/c1-29(2,18-21-13-14-22-9-5-6-10-24(22)17-21)30-19-25(32)20-33-28(23-15-16-23)26-11-7-8-12-27(26)31(3)4/h5-14,17,23,25,28,30,32H,15-16,18-20H2,1-4H3. The molecule has 2 N–H and O–H groups in total. The maximum absolute atomic E-state index is 10.7. The maximum atomic E-state index is 10.7. The molecule has 0 spiro atoms. The molecule has 0 heterocycles. The van der Waals surface area contributed by atoms with Gasteiger partial charge in [-0.1, -0.05) is 60.7 Å². The first-order valence-electron chi connectivity index (χ1n) is 12.1. The molecule has 4 heteroatoms. The number of fused-ring (bicyclic) bond motifs is 1. The van der Waals surface area contributed by atoms with Crippen LogP contribution in [0, 0.1) is 5.92 Å². The topological polar surface area (TPSA) is 44.7 Å². The Morgan fingerprint density at radius 1 is 1.00 bits per heavy atom. The van der Waals surface area contributed by atoms with Gasteiger partial charge in [0.05, 0.1) is 18.8 Å². The number of benzene rings is 3. The highest BCUT2D eigenvalue weighted by Gasteiger charge is 2.35. The molecule has 0 saturated heterocycles. The first kappa shape index (κ1) is 23.7. The van der Waals surface area contributed by atoms with Crippen molar-refractivity contribution < 1.29 is 9.84 Å². The minimum atomic E-state index is -0.548. The number of ether oxygens (including phenoxy) is 1. The summed E-state index contributed by atoms with van der Waals surface area (Å²) in [5.41, 5.74) is 3.59. The van der Waals surface area contributed by atoms with Crippen LogP contribution in [0.1, 0.15) is 43.9 Å². The molecule has 4 rings (SSSR count). The highest BCUT2D eigenvalue weighted by Crippen LogP contribution is 2.45. The van der Waals surface area contributed by atoms with Crippen molar-refractivity contribution in [2.75, 3.05) is 32.1 Å². The summed E-state index contributed by atoms with van der Waals surface area (Å²) in [4.78, 5) is 2.14. The normalized spacial score (nSPS) is 16.0. The number of hydrogen-bond donors (Lipinski definition) is 2. The Labute approximate surface area is 198 Å². The van der Waals surface area contributed by atoms with Crippen LogP contribution in [-0.4, -0.2) is 44.0 Å². The monoisotopic (exact) mass is 446 g/mol. The van der Waals surface area contributed by atoms with E-state index in [0.717, 1.165) is 6.42 Å². The molecular formula is C29H38N2O2. The Bertz CT molecular complexity index is 1060. The SMILES string of the molecule is CN(C)c1ccccc1C(OCC(O)CNC(C)(C)Cc1ccc2ccccc2c1)C1CC1. The molecule has 4 nitrogen and oxygen atoms in total. The van der Waals surface area contributed by atoms with Crippen molar-refractivity contribution in [1.29, 1.82) is 0 Å². The second kappa shape index (κ2) is 10.3. The molecule has 0 aliphatic heterocycles. The Kier molecular flexibility index (Phi) is 7.38. The highest BCUT2D eigenvalue weighted by atomic mass is 16.5. The van der Waals surface area contributed by atoms with Crippen molar-refractivity contribution >= 4 is 16.5 Å². The molecule has 1 fully saturated rings. The van der Waals surface area contributed by atoms with Crippen molar-refractivity contribution in [2.45, 2.75) is 50.9 Å². The Morgan fingerprint density at radius 3 is 2.42 bits per heavy atom. The number of nitrogens with zero attached hydrogens (tertiary/aromatic N) is 1. The highest BCUT2D eigenvalue weighted by molar-refractivity contribution is 5.83. The van der Waals surface area contributed by atoms with E-state index >= 15 is 0 Å². The molecule has 1 saturated carbocycles. The number of anilines is 1. The lowest BCUT2D eigenvalue weighted by atomic mass is 9.93. The summed E-state index contributed by atoms with van der Waals surface area (Å²) >= 11 is 0. The van der Waals surface area contributed by atoms with E-state index in [1.165, 1.54) is 40.4 Å². The molecule has 1 aliphatic carbocycles. The predicted octanol–water partition coefficient (Wildman–Crippen LogP) is 5.35. The van der Waals surface area contributed by atoms with Crippen LogP contribution in [0.25, 0.3) is 10.8 Å². The van der Waals surface area contributed by atoms with E-state index in [0.29, 0.717) is 19.1 Å². The van der Waals surface area contributed by atoms with Crippen LogP contribution < -0.4 is 10.2 Å². The fourth-order valence-corrected chi connectivity index (χ4v) is 4.60. The molecule has 33 heavy (non-hydrogen) atoms. The summed E-state index contributed by atoms with van der Waals surface area (Å²) in [5, 5.41) is 16.8. The molecule has 176 valence electrons. The zero-order valence-corrected chi connectivity index (χ0v) is 20.4. The quantitative estimate of drug-likeness (QED) is 0.417. The molecule has 3 aromatic carbocycles. The largest absolute Gasteiger partial charge is 0.389 e. The predicted molar refractivity (Wildman–Crippen MR) is 138 cm³/mol. The van der Waals surface area contributed by atoms with Gasteiger partial charge in [-0.3, -0.25) is 0 Å². The summed E-state index contributed by atoms with van der Waals surface area (Å²) in [6.07, 6.45) is 2.78. The molecular weight excluding hydrogens is 408 g/mol. The van der Waals surface area contributed by atoms with Gasteiger partial charge >= 0.3 is 0 Å². The lowest BCUT2D eigenvalue weighted by Gasteiger charge is -2.29. The lowest BCUT2D eigenvalue weighted by Crippen LogP contribution is -2.46. The van der Waals surface area contributed by atoms with Crippen LogP contribution >= 0.6 is 0 Å². The molecule has 0 aromatic heterocycles. The number of para-hydroxylation sites is 1. The molecule has 1 aliphatic rings. The summed E-state index contributed by atoms with van der Waals surface area (Å²) < 4.78 is 6.32. The summed E-state index contributed by atoms with van der Waals surface area (Å²) in [6, 6.07) is 23.6. The van der Waals surface area contributed by atoms with Gasteiger partial charge in [0, 0.05) is 37.4 Å². The van der Waals surface area contributed by atoms with Crippen molar-refractivity contribution in [2.24, 2.45) is 5.92 Å². The van der Waals surface area contributed by atoms with E-state index in [1.54, 1.807) is 0 Å². The van der Waals surface area contributed by atoms with Crippen molar-refractivity contribution in [3.63, 3.8) is 0 Å². The average Bonchev–Trinajstić information content (AvgIpc) is 3.63. The van der Waals surface area contributed by atoms with Gasteiger partial charge in [-0.05, 0) is 61.4 Å². The average molecular weight is 447 g/mol. The summed E-state index contributed by atoms with van der Waals surface area (Å²) in [7, 11) is 4.14. The zero-order chi connectivity index (χ0) is 23.4.